The molecule has 0 saturated heterocycles. The van der Waals surface area contributed by atoms with Crippen molar-refractivity contribution in [2.75, 3.05) is 44.9 Å². The monoisotopic (exact) mass is 235 g/mol. The molecule has 5 nitrogen and oxygen atoms in total. The number of hydrogen-bond donors (Lipinski definition) is 1. The van der Waals surface area contributed by atoms with Crippen molar-refractivity contribution in [2.45, 2.75) is 18.8 Å². The van der Waals surface area contributed by atoms with E-state index in [1.165, 1.54) is 12.8 Å². The number of anilines is 2. The molecule has 1 aromatic rings. The standard InChI is InChI=1S/C12H21N5/c1-16(2)6-7-17(3)11-8-10(13)14-12(15-11)9-4-5-9/h8-9H,4-7H2,1-3H3,(H2,13,14,15). The van der Waals surface area contributed by atoms with Gasteiger partial charge in [0.15, 0.2) is 0 Å². The number of aromatic nitrogens is 2. The third-order valence-corrected chi connectivity index (χ3v) is 2.97. The number of hydrogen-bond acceptors (Lipinski definition) is 5. The second-order valence-electron chi connectivity index (χ2n) is 5.01. The van der Waals surface area contributed by atoms with E-state index < -0.39 is 0 Å². The van der Waals surface area contributed by atoms with E-state index in [1.807, 2.05) is 13.1 Å². The lowest BCUT2D eigenvalue weighted by Gasteiger charge is -2.21. The van der Waals surface area contributed by atoms with Gasteiger partial charge in [0.1, 0.15) is 17.5 Å². The summed E-state index contributed by atoms with van der Waals surface area (Å²) < 4.78 is 0. The predicted octanol–water partition coefficient (Wildman–Crippen LogP) is 0.934. The van der Waals surface area contributed by atoms with Crippen LogP contribution in [-0.4, -0.2) is 49.1 Å². The van der Waals surface area contributed by atoms with E-state index in [2.05, 4.69) is 33.9 Å². The van der Waals surface area contributed by atoms with Gasteiger partial charge in [0.05, 0.1) is 0 Å². The van der Waals surface area contributed by atoms with Crippen LogP contribution in [0.1, 0.15) is 24.6 Å². The molecule has 2 rings (SSSR count). The molecule has 0 radical (unpaired) electrons. The average Bonchev–Trinajstić information content (AvgIpc) is 3.08. The lowest BCUT2D eigenvalue weighted by atomic mass is 10.3. The van der Waals surface area contributed by atoms with Gasteiger partial charge in [-0.05, 0) is 26.9 Å². The van der Waals surface area contributed by atoms with E-state index in [9.17, 15) is 0 Å². The van der Waals surface area contributed by atoms with E-state index in [4.69, 9.17) is 5.73 Å². The fourth-order valence-corrected chi connectivity index (χ4v) is 1.66. The first kappa shape index (κ1) is 12.1. The van der Waals surface area contributed by atoms with Gasteiger partial charge in [-0.25, -0.2) is 9.97 Å². The Morgan fingerprint density at radius 1 is 1.24 bits per heavy atom. The van der Waals surface area contributed by atoms with Crippen LogP contribution >= 0.6 is 0 Å². The summed E-state index contributed by atoms with van der Waals surface area (Å²) in [6, 6.07) is 1.85. The summed E-state index contributed by atoms with van der Waals surface area (Å²) in [5, 5.41) is 0. The van der Waals surface area contributed by atoms with Crippen molar-refractivity contribution in [2.24, 2.45) is 0 Å². The molecule has 0 spiro atoms. The van der Waals surface area contributed by atoms with Crippen LogP contribution in [0.5, 0.6) is 0 Å². The second kappa shape index (κ2) is 4.87. The summed E-state index contributed by atoms with van der Waals surface area (Å²) in [5.41, 5.74) is 5.83. The molecular weight excluding hydrogens is 214 g/mol. The van der Waals surface area contributed by atoms with Crippen molar-refractivity contribution in [3.63, 3.8) is 0 Å². The molecule has 0 unspecified atom stereocenters. The van der Waals surface area contributed by atoms with Gasteiger partial charge in [0, 0.05) is 32.1 Å². The summed E-state index contributed by atoms with van der Waals surface area (Å²) in [7, 11) is 6.18. The van der Waals surface area contributed by atoms with E-state index in [0.717, 1.165) is 24.7 Å². The van der Waals surface area contributed by atoms with Crippen molar-refractivity contribution in [1.82, 2.24) is 14.9 Å². The van der Waals surface area contributed by atoms with Gasteiger partial charge in [-0.3, -0.25) is 0 Å². The fraction of sp³-hybridized carbons (Fsp3) is 0.667. The predicted molar refractivity (Wildman–Crippen MR) is 70.2 cm³/mol. The molecule has 0 aliphatic heterocycles. The lowest BCUT2D eigenvalue weighted by Crippen LogP contribution is -2.29. The van der Waals surface area contributed by atoms with Gasteiger partial charge < -0.3 is 15.5 Å². The molecule has 0 amide bonds. The van der Waals surface area contributed by atoms with Crippen molar-refractivity contribution in [1.29, 1.82) is 0 Å². The number of nitrogens with zero attached hydrogens (tertiary/aromatic N) is 4. The molecule has 0 bridgehead atoms. The zero-order valence-corrected chi connectivity index (χ0v) is 10.8. The quantitative estimate of drug-likeness (QED) is 0.823. The van der Waals surface area contributed by atoms with Crippen molar-refractivity contribution in [3.05, 3.63) is 11.9 Å². The first-order valence-corrected chi connectivity index (χ1v) is 6.06. The molecule has 1 heterocycles. The van der Waals surface area contributed by atoms with Crippen molar-refractivity contribution in [3.8, 4) is 0 Å². The van der Waals surface area contributed by atoms with Crippen LogP contribution in [0.15, 0.2) is 6.07 Å². The Morgan fingerprint density at radius 3 is 2.53 bits per heavy atom. The topological polar surface area (TPSA) is 58.3 Å². The van der Waals surface area contributed by atoms with Gasteiger partial charge in [-0.15, -0.1) is 0 Å². The highest BCUT2D eigenvalue weighted by Crippen LogP contribution is 2.38. The Balaban J connectivity index is 2.08. The maximum Gasteiger partial charge on any atom is 0.136 e. The fourth-order valence-electron chi connectivity index (χ4n) is 1.66. The minimum atomic E-state index is 0.541. The molecule has 5 heteroatoms. The highest BCUT2D eigenvalue weighted by Gasteiger charge is 2.27. The van der Waals surface area contributed by atoms with Gasteiger partial charge in [-0.2, -0.15) is 0 Å². The second-order valence-corrected chi connectivity index (χ2v) is 5.01. The first-order chi connectivity index (χ1) is 8.06. The number of likely N-dealkylation sites (N-methyl/N-ethyl adjacent to an activating group) is 2. The Kier molecular flexibility index (Phi) is 3.47. The molecule has 2 N–H and O–H groups in total. The summed E-state index contributed by atoms with van der Waals surface area (Å²) in [6.07, 6.45) is 2.40. The normalized spacial score (nSPS) is 15.3. The van der Waals surface area contributed by atoms with E-state index in [-0.39, 0.29) is 0 Å². The van der Waals surface area contributed by atoms with Crippen LogP contribution in [0.25, 0.3) is 0 Å². The van der Waals surface area contributed by atoms with Crippen LogP contribution in [0.3, 0.4) is 0 Å². The maximum atomic E-state index is 5.83. The molecule has 1 aliphatic rings. The van der Waals surface area contributed by atoms with Crippen LogP contribution in [0, 0.1) is 0 Å². The molecule has 0 atom stereocenters. The van der Waals surface area contributed by atoms with Crippen LogP contribution < -0.4 is 10.6 Å². The molecule has 0 aromatic carbocycles. The molecule has 17 heavy (non-hydrogen) atoms. The number of nitrogens with two attached hydrogens (primary N) is 1. The third-order valence-electron chi connectivity index (χ3n) is 2.97. The largest absolute Gasteiger partial charge is 0.384 e. The average molecular weight is 235 g/mol. The molecule has 1 fully saturated rings. The van der Waals surface area contributed by atoms with Gasteiger partial charge in [-0.1, -0.05) is 0 Å². The van der Waals surface area contributed by atoms with Crippen LogP contribution in [-0.2, 0) is 0 Å². The summed E-state index contributed by atoms with van der Waals surface area (Å²) in [5.74, 6) is 2.96. The highest BCUT2D eigenvalue weighted by atomic mass is 15.2. The van der Waals surface area contributed by atoms with Gasteiger partial charge >= 0.3 is 0 Å². The van der Waals surface area contributed by atoms with Gasteiger partial charge in [0.25, 0.3) is 0 Å². The smallest absolute Gasteiger partial charge is 0.136 e. The Hall–Kier alpha value is -1.36. The number of nitrogen functional groups attached to an aromatic ring is 1. The van der Waals surface area contributed by atoms with E-state index in [0.29, 0.717) is 11.7 Å². The maximum absolute atomic E-state index is 5.83. The summed E-state index contributed by atoms with van der Waals surface area (Å²) in [6.45, 7) is 1.94. The lowest BCUT2D eigenvalue weighted by molar-refractivity contribution is 0.416. The minimum absolute atomic E-state index is 0.541. The molecular formula is C12H21N5. The highest BCUT2D eigenvalue weighted by molar-refractivity contribution is 5.47. The third kappa shape index (κ3) is 3.30. The van der Waals surface area contributed by atoms with E-state index in [1.54, 1.807) is 0 Å². The Morgan fingerprint density at radius 2 is 1.94 bits per heavy atom. The summed E-state index contributed by atoms with van der Waals surface area (Å²) in [4.78, 5) is 13.2. The van der Waals surface area contributed by atoms with E-state index >= 15 is 0 Å². The Bertz CT molecular complexity index is 386. The Labute approximate surface area is 103 Å². The molecule has 1 aromatic heterocycles. The van der Waals surface area contributed by atoms with Crippen LogP contribution in [0.4, 0.5) is 11.6 Å². The molecule has 94 valence electrons. The summed E-state index contributed by atoms with van der Waals surface area (Å²) >= 11 is 0. The van der Waals surface area contributed by atoms with Gasteiger partial charge in [0.2, 0.25) is 0 Å². The number of rotatable bonds is 5. The van der Waals surface area contributed by atoms with Crippen LogP contribution in [0.2, 0.25) is 0 Å². The zero-order valence-electron chi connectivity index (χ0n) is 10.8. The molecule has 1 saturated carbocycles. The van der Waals surface area contributed by atoms with Crippen molar-refractivity contribution < 1.29 is 0 Å². The minimum Gasteiger partial charge on any atom is -0.384 e. The molecule has 1 aliphatic carbocycles. The first-order valence-electron chi connectivity index (χ1n) is 6.06. The van der Waals surface area contributed by atoms with Crippen molar-refractivity contribution >= 4 is 11.6 Å². The zero-order chi connectivity index (χ0) is 12.4. The SMILES string of the molecule is CN(C)CCN(C)c1cc(N)nc(C2CC2)n1.